The van der Waals surface area contributed by atoms with Crippen LogP contribution in [0, 0.1) is 6.92 Å². The number of benzene rings is 2. The lowest BCUT2D eigenvalue weighted by molar-refractivity contribution is 0.102. The summed E-state index contributed by atoms with van der Waals surface area (Å²) in [6, 6.07) is 13.2. The standard InChI is InChI=1S/C17H16BrNO2/c1-11-4-2-3-5-14(11)17(20)15-7-6-12(18)8-16(15)21-13-9-19-10-13/h2-8,13,19H,9-10H2,1H3. The molecule has 2 aromatic carbocycles. The molecule has 1 fully saturated rings. The molecule has 0 radical (unpaired) electrons. The third-order valence-electron chi connectivity index (χ3n) is 3.62. The Kier molecular flexibility index (Phi) is 4.08. The summed E-state index contributed by atoms with van der Waals surface area (Å²) in [5, 5.41) is 3.16. The molecule has 21 heavy (non-hydrogen) atoms. The Hall–Kier alpha value is -1.65. The summed E-state index contributed by atoms with van der Waals surface area (Å²) in [6.07, 6.45) is 0.141. The molecular weight excluding hydrogens is 330 g/mol. The second-order valence-electron chi connectivity index (χ2n) is 5.18. The van der Waals surface area contributed by atoms with Gasteiger partial charge in [-0.15, -0.1) is 0 Å². The number of carbonyl (C=O) groups is 1. The molecule has 1 heterocycles. The first-order valence-corrected chi connectivity index (χ1v) is 7.71. The summed E-state index contributed by atoms with van der Waals surface area (Å²) in [5.41, 5.74) is 2.30. The van der Waals surface area contributed by atoms with Crippen molar-refractivity contribution in [3.63, 3.8) is 0 Å². The van der Waals surface area contributed by atoms with Crippen LogP contribution in [0.3, 0.4) is 0 Å². The monoisotopic (exact) mass is 345 g/mol. The summed E-state index contributed by atoms with van der Waals surface area (Å²) in [5.74, 6) is 0.645. The number of carbonyl (C=O) groups excluding carboxylic acids is 1. The highest BCUT2D eigenvalue weighted by atomic mass is 79.9. The molecule has 0 atom stereocenters. The second kappa shape index (κ2) is 6.00. The Morgan fingerprint density at radius 3 is 2.62 bits per heavy atom. The van der Waals surface area contributed by atoms with Gasteiger partial charge < -0.3 is 10.1 Å². The number of nitrogens with one attached hydrogen (secondary N) is 1. The predicted molar refractivity (Wildman–Crippen MR) is 86.0 cm³/mol. The maximum Gasteiger partial charge on any atom is 0.197 e. The highest BCUT2D eigenvalue weighted by Gasteiger charge is 2.22. The summed E-state index contributed by atoms with van der Waals surface area (Å²) in [4.78, 5) is 12.8. The molecule has 0 unspecified atom stereocenters. The van der Waals surface area contributed by atoms with E-state index >= 15 is 0 Å². The van der Waals surface area contributed by atoms with Crippen molar-refractivity contribution in [2.24, 2.45) is 0 Å². The van der Waals surface area contributed by atoms with Crippen molar-refractivity contribution < 1.29 is 9.53 Å². The van der Waals surface area contributed by atoms with Gasteiger partial charge in [-0.05, 0) is 30.7 Å². The smallest absolute Gasteiger partial charge is 0.197 e. The minimum Gasteiger partial charge on any atom is -0.487 e. The van der Waals surface area contributed by atoms with Crippen LogP contribution in [0.4, 0.5) is 0 Å². The fourth-order valence-electron chi connectivity index (χ4n) is 2.28. The zero-order valence-corrected chi connectivity index (χ0v) is 13.3. The minimum atomic E-state index is 0.00267. The maximum atomic E-state index is 12.8. The van der Waals surface area contributed by atoms with Crippen LogP contribution >= 0.6 is 15.9 Å². The van der Waals surface area contributed by atoms with Crippen molar-refractivity contribution in [2.45, 2.75) is 13.0 Å². The Balaban J connectivity index is 1.97. The number of hydrogen-bond donors (Lipinski definition) is 1. The van der Waals surface area contributed by atoms with E-state index < -0.39 is 0 Å². The van der Waals surface area contributed by atoms with Crippen molar-refractivity contribution in [2.75, 3.05) is 13.1 Å². The number of rotatable bonds is 4. The van der Waals surface area contributed by atoms with Gasteiger partial charge in [-0.25, -0.2) is 0 Å². The highest BCUT2D eigenvalue weighted by molar-refractivity contribution is 9.10. The number of aryl methyl sites for hydroxylation is 1. The molecule has 0 aromatic heterocycles. The van der Waals surface area contributed by atoms with Crippen LogP contribution in [-0.4, -0.2) is 25.0 Å². The van der Waals surface area contributed by atoms with Crippen LogP contribution < -0.4 is 10.1 Å². The third kappa shape index (κ3) is 3.01. The number of ketones is 1. The van der Waals surface area contributed by atoms with Crippen LogP contribution in [0.15, 0.2) is 46.9 Å². The van der Waals surface area contributed by atoms with E-state index in [9.17, 15) is 4.79 Å². The van der Waals surface area contributed by atoms with Crippen LogP contribution in [0.25, 0.3) is 0 Å². The van der Waals surface area contributed by atoms with E-state index in [1.807, 2.05) is 49.4 Å². The molecule has 1 aliphatic rings. The molecule has 3 nitrogen and oxygen atoms in total. The van der Waals surface area contributed by atoms with E-state index in [0.717, 1.165) is 28.7 Å². The molecule has 2 aromatic rings. The van der Waals surface area contributed by atoms with Gasteiger partial charge in [0.15, 0.2) is 5.78 Å². The quantitative estimate of drug-likeness (QED) is 0.863. The second-order valence-corrected chi connectivity index (χ2v) is 6.10. The molecule has 3 rings (SSSR count). The minimum absolute atomic E-state index is 0.00267. The van der Waals surface area contributed by atoms with Gasteiger partial charge in [0.1, 0.15) is 11.9 Å². The lowest BCUT2D eigenvalue weighted by Gasteiger charge is -2.28. The van der Waals surface area contributed by atoms with Gasteiger partial charge in [0.2, 0.25) is 0 Å². The van der Waals surface area contributed by atoms with Crippen molar-refractivity contribution in [3.05, 3.63) is 63.6 Å². The molecule has 1 N–H and O–H groups in total. The molecule has 1 saturated heterocycles. The third-order valence-corrected chi connectivity index (χ3v) is 4.11. The van der Waals surface area contributed by atoms with Gasteiger partial charge >= 0.3 is 0 Å². The fraction of sp³-hybridized carbons (Fsp3) is 0.235. The number of ether oxygens (including phenoxy) is 1. The molecule has 0 aliphatic carbocycles. The molecule has 0 amide bonds. The average molecular weight is 346 g/mol. The topological polar surface area (TPSA) is 38.3 Å². The first-order chi connectivity index (χ1) is 10.1. The summed E-state index contributed by atoms with van der Waals surface area (Å²) in [7, 11) is 0. The van der Waals surface area contributed by atoms with Gasteiger partial charge in [-0.3, -0.25) is 4.79 Å². The van der Waals surface area contributed by atoms with Crippen LogP contribution in [0.1, 0.15) is 21.5 Å². The summed E-state index contributed by atoms with van der Waals surface area (Å²) < 4.78 is 6.84. The zero-order valence-electron chi connectivity index (χ0n) is 11.7. The van der Waals surface area contributed by atoms with Crippen LogP contribution in [-0.2, 0) is 0 Å². The van der Waals surface area contributed by atoms with Crippen molar-refractivity contribution in [3.8, 4) is 5.75 Å². The molecule has 0 spiro atoms. The summed E-state index contributed by atoms with van der Waals surface area (Å²) >= 11 is 3.44. The molecule has 0 bridgehead atoms. The first-order valence-electron chi connectivity index (χ1n) is 6.92. The van der Waals surface area contributed by atoms with E-state index in [1.165, 1.54) is 0 Å². The predicted octanol–water partition coefficient (Wildman–Crippen LogP) is 3.34. The van der Waals surface area contributed by atoms with Crippen molar-refractivity contribution in [1.82, 2.24) is 5.32 Å². The Labute approximate surface area is 132 Å². The Morgan fingerprint density at radius 2 is 1.95 bits per heavy atom. The lowest BCUT2D eigenvalue weighted by atomic mass is 9.98. The number of hydrogen-bond acceptors (Lipinski definition) is 3. The van der Waals surface area contributed by atoms with E-state index in [1.54, 1.807) is 0 Å². The highest BCUT2D eigenvalue weighted by Crippen LogP contribution is 2.28. The zero-order chi connectivity index (χ0) is 14.8. The van der Waals surface area contributed by atoms with E-state index in [0.29, 0.717) is 11.3 Å². The van der Waals surface area contributed by atoms with Crippen molar-refractivity contribution >= 4 is 21.7 Å². The molecule has 1 aliphatic heterocycles. The van der Waals surface area contributed by atoms with Crippen LogP contribution in [0.2, 0.25) is 0 Å². The molecular formula is C17H16BrNO2. The van der Waals surface area contributed by atoms with Crippen molar-refractivity contribution in [1.29, 1.82) is 0 Å². The van der Waals surface area contributed by atoms with Gasteiger partial charge in [-0.1, -0.05) is 40.2 Å². The Morgan fingerprint density at radius 1 is 1.19 bits per heavy atom. The normalized spacial score (nSPS) is 14.6. The number of halogens is 1. The SMILES string of the molecule is Cc1ccccc1C(=O)c1ccc(Br)cc1OC1CNC1. The Bertz CT molecular complexity index is 680. The molecule has 0 saturated carbocycles. The van der Waals surface area contributed by atoms with Gasteiger partial charge in [-0.2, -0.15) is 0 Å². The average Bonchev–Trinajstić information content (AvgIpc) is 2.43. The van der Waals surface area contributed by atoms with Gasteiger partial charge in [0, 0.05) is 23.1 Å². The summed E-state index contributed by atoms with van der Waals surface area (Å²) in [6.45, 7) is 3.59. The van der Waals surface area contributed by atoms with E-state index in [2.05, 4.69) is 21.2 Å². The first kappa shape index (κ1) is 14.3. The van der Waals surface area contributed by atoms with Crippen LogP contribution in [0.5, 0.6) is 5.75 Å². The van der Waals surface area contributed by atoms with E-state index in [-0.39, 0.29) is 11.9 Å². The molecule has 108 valence electrons. The van der Waals surface area contributed by atoms with Gasteiger partial charge in [0.05, 0.1) is 5.56 Å². The van der Waals surface area contributed by atoms with Gasteiger partial charge in [0.25, 0.3) is 0 Å². The maximum absolute atomic E-state index is 12.8. The largest absolute Gasteiger partial charge is 0.487 e. The van der Waals surface area contributed by atoms with E-state index in [4.69, 9.17) is 4.74 Å². The lowest BCUT2D eigenvalue weighted by Crippen LogP contribution is -2.50. The fourth-order valence-corrected chi connectivity index (χ4v) is 2.62. The molecule has 4 heteroatoms.